The van der Waals surface area contributed by atoms with E-state index in [0.29, 0.717) is 17.2 Å². The average Bonchev–Trinajstić information content (AvgIpc) is 3.73. The summed E-state index contributed by atoms with van der Waals surface area (Å²) in [5.41, 5.74) is 3.79. The van der Waals surface area contributed by atoms with Gasteiger partial charge in [0.05, 0.1) is 16.1 Å². The number of ether oxygens (including phenoxy) is 1. The monoisotopic (exact) mass is 573 g/mol. The normalized spacial score (nSPS) is 22.7. The minimum absolute atomic E-state index is 0.0317. The zero-order valence-corrected chi connectivity index (χ0v) is 24.3. The number of hydrogen-bond donors (Lipinski definition) is 2. The molecule has 9 nitrogen and oxygen atoms in total. The van der Waals surface area contributed by atoms with Crippen molar-refractivity contribution in [2.45, 2.75) is 68.8 Å². The lowest BCUT2D eigenvalue weighted by Crippen LogP contribution is -2.61. The molecule has 3 aromatic rings. The van der Waals surface area contributed by atoms with Gasteiger partial charge >= 0.3 is 0 Å². The molecule has 0 atom stereocenters. The number of fused-ring (bicyclic) bond motifs is 4. The number of nitrogens with one attached hydrogen (secondary N) is 2. The van der Waals surface area contributed by atoms with Crippen LogP contribution in [-0.4, -0.2) is 60.5 Å². The average molecular weight is 574 g/mol. The van der Waals surface area contributed by atoms with Crippen LogP contribution in [0.25, 0.3) is 11.3 Å². The number of carbonyl (C=O) groups excluding carboxylic acids is 1. The molecule has 3 heterocycles. The van der Waals surface area contributed by atoms with Crippen LogP contribution in [0.3, 0.4) is 0 Å². The molecular weight excluding hydrogens is 538 g/mol. The van der Waals surface area contributed by atoms with Gasteiger partial charge in [-0.05, 0) is 87.1 Å². The topological polar surface area (TPSA) is 114 Å². The van der Waals surface area contributed by atoms with E-state index in [1.54, 1.807) is 18.2 Å². The van der Waals surface area contributed by atoms with E-state index in [0.717, 1.165) is 42.6 Å². The summed E-state index contributed by atoms with van der Waals surface area (Å²) in [5.74, 6) is -0.132. The van der Waals surface area contributed by atoms with Gasteiger partial charge in [0.2, 0.25) is 11.8 Å². The van der Waals surface area contributed by atoms with Crippen LogP contribution in [0.4, 0.5) is 5.95 Å². The Morgan fingerprint density at radius 2 is 1.66 bits per heavy atom. The number of benzene rings is 2. The van der Waals surface area contributed by atoms with Gasteiger partial charge in [-0.25, -0.2) is 18.1 Å². The van der Waals surface area contributed by atoms with E-state index in [1.807, 2.05) is 32.0 Å². The quantitative estimate of drug-likeness (QED) is 0.465. The van der Waals surface area contributed by atoms with Crippen molar-refractivity contribution >= 4 is 21.9 Å². The summed E-state index contributed by atoms with van der Waals surface area (Å²) in [6.45, 7) is 5.96. The van der Waals surface area contributed by atoms with Gasteiger partial charge in [-0.1, -0.05) is 24.3 Å². The Morgan fingerprint density at radius 1 is 0.951 bits per heavy atom. The Kier molecular flexibility index (Phi) is 6.13. The number of aryl methyl sites for hydroxylation is 2. The smallest absolute Gasteiger partial charge is 0.264 e. The number of aromatic nitrogens is 2. The van der Waals surface area contributed by atoms with Gasteiger partial charge in [0.15, 0.2) is 0 Å². The lowest BCUT2D eigenvalue weighted by Gasteiger charge is -2.49. The molecule has 7 rings (SSSR count). The highest BCUT2D eigenvalue weighted by Gasteiger charge is 2.55. The maximum Gasteiger partial charge on any atom is 0.264 e. The fourth-order valence-electron chi connectivity index (χ4n) is 6.81. The molecule has 2 N–H and O–H groups in total. The van der Waals surface area contributed by atoms with Crippen LogP contribution >= 0.6 is 0 Å². The van der Waals surface area contributed by atoms with Gasteiger partial charge in [0.1, 0.15) is 6.61 Å². The van der Waals surface area contributed by atoms with E-state index in [2.05, 4.69) is 24.9 Å². The largest absolute Gasteiger partial charge is 0.475 e. The van der Waals surface area contributed by atoms with E-state index in [4.69, 9.17) is 4.74 Å². The Bertz CT molecular complexity index is 1620. The Hall–Kier alpha value is -3.50. The minimum Gasteiger partial charge on any atom is -0.475 e. The number of nitrogens with zero attached hydrogens (tertiary/aromatic N) is 3. The first kappa shape index (κ1) is 26.4. The van der Waals surface area contributed by atoms with Gasteiger partial charge in [-0.15, -0.1) is 0 Å². The lowest BCUT2D eigenvalue weighted by atomic mass is 9.74. The first-order chi connectivity index (χ1) is 19.6. The second-order valence-electron chi connectivity index (χ2n) is 12.4. The summed E-state index contributed by atoms with van der Waals surface area (Å²) in [4.78, 5) is 25.1. The predicted molar refractivity (Wildman–Crippen MR) is 155 cm³/mol. The third kappa shape index (κ3) is 4.97. The molecule has 2 aliphatic carbocycles. The number of hydrogen-bond acceptors (Lipinski definition) is 7. The van der Waals surface area contributed by atoms with Gasteiger partial charge < -0.3 is 15.0 Å². The fraction of sp³-hybridized carbons (Fsp3) is 0.452. The highest BCUT2D eigenvalue weighted by Crippen LogP contribution is 2.62. The van der Waals surface area contributed by atoms with E-state index < -0.39 is 15.6 Å². The van der Waals surface area contributed by atoms with Crippen LogP contribution in [0.15, 0.2) is 53.4 Å². The molecule has 10 heteroatoms. The van der Waals surface area contributed by atoms with E-state index in [9.17, 15) is 13.2 Å². The molecule has 41 heavy (non-hydrogen) atoms. The first-order valence-corrected chi connectivity index (χ1v) is 15.9. The van der Waals surface area contributed by atoms with E-state index in [-0.39, 0.29) is 34.8 Å². The van der Waals surface area contributed by atoms with Crippen LogP contribution < -0.4 is 14.8 Å². The van der Waals surface area contributed by atoms with Crippen LogP contribution in [0.5, 0.6) is 5.88 Å². The maximum atomic E-state index is 13.5. The SMILES string of the molecule is Cc1cccc(C)c1-c1cc2nc(n1)NS(=O)(=O)c1cccc(c1)C(=O)NC1(CCN(C3CC4(CC4)C3)CC1)CO2. The van der Waals surface area contributed by atoms with Gasteiger partial charge in [0, 0.05) is 36.3 Å². The molecule has 2 spiro atoms. The number of anilines is 1. The van der Waals surface area contributed by atoms with Crippen molar-refractivity contribution in [2.24, 2.45) is 5.41 Å². The van der Waals surface area contributed by atoms with Crippen LogP contribution in [0.2, 0.25) is 0 Å². The molecule has 2 aromatic carbocycles. The number of sulfonamides is 1. The molecular formula is C31H35N5O4S. The number of carbonyl (C=O) groups is 1. The standard InChI is InChI=1S/C31H35N5O4S/c1-20-5-3-6-21(2)27(20)25-16-26-33-29(32-25)35-41(38,39)24-8-4-7-22(15-24)28(37)34-31(19-40-26)11-13-36(14-12-31)23-17-30(18-23)9-10-30/h3-8,15-16,23H,9-14,17-19H2,1-2H3,(H,34,37)(H,32,33,35). The molecule has 2 aliphatic heterocycles. The van der Waals surface area contributed by atoms with E-state index in [1.165, 1.54) is 37.8 Å². The van der Waals surface area contributed by atoms with Crippen LogP contribution in [-0.2, 0) is 10.0 Å². The van der Waals surface area contributed by atoms with Crippen LogP contribution in [0.1, 0.15) is 60.0 Å². The second kappa shape index (κ2) is 9.52. The third-order valence-corrected chi connectivity index (χ3v) is 10.8. The van der Waals surface area contributed by atoms with E-state index >= 15 is 0 Å². The maximum absolute atomic E-state index is 13.5. The Morgan fingerprint density at radius 3 is 2.37 bits per heavy atom. The Balaban J connectivity index is 1.25. The predicted octanol–water partition coefficient (Wildman–Crippen LogP) is 4.46. The van der Waals surface area contributed by atoms with Crippen molar-refractivity contribution < 1.29 is 17.9 Å². The second-order valence-corrected chi connectivity index (χ2v) is 14.1. The van der Waals surface area contributed by atoms with Gasteiger partial charge in [0.25, 0.3) is 15.9 Å². The molecule has 214 valence electrons. The molecule has 1 saturated heterocycles. The molecule has 1 amide bonds. The highest BCUT2D eigenvalue weighted by atomic mass is 32.2. The summed E-state index contributed by atoms with van der Waals surface area (Å²) in [7, 11) is -4.07. The molecule has 4 bridgehead atoms. The number of amides is 1. The van der Waals surface area contributed by atoms with Crippen molar-refractivity contribution in [2.75, 3.05) is 24.4 Å². The fourth-order valence-corrected chi connectivity index (χ4v) is 7.79. The zero-order chi connectivity index (χ0) is 28.4. The lowest BCUT2D eigenvalue weighted by molar-refractivity contribution is 0.0124. The van der Waals surface area contributed by atoms with Crippen LogP contribution in [0, 0.1) is 19.3 Å². The summed E-state index contributed by atoms with van der Waals surface area (Å²) in [6.07, 6.45) is 6.81. The van der Waals surface area contributed by atoms with Crippen molar-refractivity contribution in [3.05, 3.63) is 65.2 Å². The van der Waals surface area contributed by atoms with Crippen molar-refractivity contribution in [3.8, 4) is 17.1 Å². The molecule has 2 saturated carbocycles. The summed E-state index contributed by atoms with van der Waals surface area (Å²) >= 11 is 0. The number of rotatable bonds is 2. The number of likely N-dealkylation sites (tertiary alicyclic amines) is 1. The molecule has 4 aliphatic rings. The minimum atomic E-state index is -4.07. The Labute approximate surface area is 240 Å². The van der Waals surface area contributed by atoms with Gasteiger partial charge in [-0.3, -0.25) is 4.79 Å². The van der Waals surface area contributed by atoms with Crippen molar-refractivity contribution in [1.29, 1.82) is 0 Å². The van der Waals surface area contributed by atoms with Crippen molar-refractivity contribution in [3.63, 3.8) is 0 Å². The summed E-state index contributed by atoms with van der Waals surface area (Å²) in [6, 6.07) is 14.4. The molecule has 3 fully saturated rings. The molecule has 0 radical (unpaired) electrons. The summed E-state index contributed by atoms with van der Waals surface area (Å²) < 4.78 is 35.6. The third-order valence-electron chi connectivity index (χ3n) is 9.51. The molecule has 1 aromatic heterocycles. The highest BCUT2D eigenvalue weighted by molar-refractivity contribution is 7.92. The summed E-state index contributed by atoms with van der Waals surface area (Å²) in [5, 5.41) is 3.25. The molecule has 0 unspecified atom stereocenters. The van der Waals surface area contributed by atoms with Crippen molar-refractivity contribution in [1.82, 2.24) is 20.2 Å². The first-order valence-electron chi connectivity index (χ1n) is 14.4. The van der Waals surface area contributed by atoms with Gasteiger partial charge in [-0.2, -0.15) is 4.98 Å². The number of piperidine rings is 1. The zero-order valence-electron chi connectivity index (χ0n) is 23.4.